The maximum absolute atomic E-state index is 5.75. The Labute approximate surface area is 118 Å². The molecular weight excluding hydrogens is 355 g/mol. The minimum atomic E-state index is 0.588. The first-order chi connectivity index (χ1) is 7.63. The molecule has 1 rings (SSSR count). The maximum Gasteiger partial charge on any atom is 0.140 e. The minimum Gasteiger partial charge on any atom is -0.369 e. The van der Waals surface area contributed by atoms with Gasteiger partial charge in [-0.2, -0.15) is 0 Å². The predicted molar refractivity (Wildman–Crippen MR) is 77.2 cm³/mol. The lowest BCUT2D eigenvalue weighted by atomic mass is 10.1. The van der Waals surface area contributed by atoms with Crippen molar-refractivity contribution in [1.82, 2.24) is 4.98 Å². The Morgan fingerprint density at radius 2 is 2.25 bits per heavy atom. The maximum atomic E-state index is 5.75. The molecular formula is C11H15Br2ClN2. The summed E-state index contributed by atoms with van der Waals surface area (Å²) in [5.41, 5.74) is 0. The molecule has 0 aromatic carbocycles. The van der Waals surface area contributed by atoms with Crippen LogP contribution in [0.4, 0.5) is 5.82 Å². The van der Waals surface area contributed by atoms with E-state index in [2.05, 4.69) is 49.1 Å². The first-order valence-corrected chi connectivity index (χ1v) is 7.36. The Kier molecular flexibility index (Phi) is 6.70. The molecule has 1 heterocycles. The van der Waals surface area contributed by atoms with Crippen LogP contribution in [0.15, 0.2) is 21.2 Å². The topological polar surface area (TPSA) is 24.9 Å². The molecule has 0 aliphatic heterocycles. The summed E-state index contributed by atoms with van der Waals surface area (Å²) in [6.07, 6.45) is 4.04. The van der Waals surface area contributed by atoms with Gasteiger partial charge in [-0.1, -0.05) is 6.92 Å². The zero-order chi connectivity index (χ0) is 12.0. The van der Waals surface area contributed by atoms with Crippen molar-refractivity contribution in [2.45, 2.75) is 19.8 Å². The zero-order valence-corrected chi connectivity index (χ0v) is 13.1. The van der Waals surface area contributed by atoms with Crippen molar-refractivity contribution in [3.63, 3.8) is 0 Å². The van der Waals surface area contributed by atoms with Gasteiger partial charge >= 0.3 is 0 Å². The summed E-state index contributed by atoms with van der Waals surface area (Å²) < 4.78 is 1.95. The number of aromatic nitrogens is 1. The number of hydrogen-bond acceptors (Lipinski definition) is 2. The number of nitrogens with one attached hydrogen (secondary N) is 1. The molecule has 16 heavy (non-hydrogen) atoms. The van der Waals surface area contributed by atoms with Crippen molar-refractivity contribution in [3.05, 3.63) is 21.2 Å². The standard InChI is InChI=1S/C11H15Br2ClN2/c1-8(6-14)3-2-4-15-11-10(13)5-9(12)7-16-11/h5,7-8H,2-4,6H2,1H3,(H,15,16). The molecule has 0 saturated heterocycles. The highest BCUT2D eigenvalue weighted by molar-refractivity contribution is 9.11. The van der Waals surface area contributed by atoms with E-state index < -0.39 is 0 Å². The largest absolute Gasteiger partial charge is 0.369 e. The molecule has 1 unspecified atom stereocenters. The van der Waals surface area contributed by atoms with Gasteiger partial charge in [0.25, 0.3) is 0 Å². The van der Waals surface area contributed by atoms with E-state index in [1.54, 1.807) is 6.20 Å². The first kappa shape index (κ1) is 14.3. The van der Waals surface area contributed by atoms with Crippen molar-refractivity contribution in [2.24, 2.45) is 5.92 Å². The van der Waals surface area contributed by atoms with E-state index in [4.69, 9.17) is 11.6 Å². The van der Waals surface area contributed by atoms with E-state index in [-0.39, 0.29) is 0 Å². The summed E-state index contributed by atoms with van der Waals surface area (Å²) in [5.74, 6) is 2.21. The molecule has 0 fully saturated rings. The highest BCUT2D eigenvalue weighted by Crippen LogP contribution is 2.23. The van der Waals surface area contributed by atoms with Crippen molar-refractivity contribution in [1.29, 1.82) is 0 Å². The average molecular weight is 371 g/mol. The number of halogens is 3. The van der Waals surface area contributed by atoms with Gasteiger partial charge in [0.1, 0.15) is 5.82 Å². The SMILES string of the molecule is CC(CCl)CCCNc1ncc(Br)cc1Br. The average Bonchev–Trinajstić information content (AvgIpc) is 2.26. The highest BCUT2D eigenvalue weighted by Gasteiger charge is 2.02. The van der Waals surface area contributed by atoms with Gasteiger partial charge in [-0.05, 0) is 56.7 Å². The van der Waals surface area contributed by atoms with Gasteiger partial charge in [0.2, 0.25) is 0 Å². The minimum absolute atomic E-state index is 0.588. The molecule has 1 N–H and O–H groups in total. The highest BCUT2D eigenvalue weighted by atomic mass is 79.9. The van der Waals surface area contributed by atoms with Crippen LogP contribution in [0.3, 0.4) is 0 Å². The summed E-state index contributed by atoms with van der Waals surface area (Å²) in [6.45, 7) is 3.09. The Morgan fingerprint density at radius 1 is 1.50 bits per heavy atom. The second kappa shape index (κ2) is 7.51. The lowest BCUT2D eigenvalue weighted by Crippen LogP contribution is -2.06. The quantitative estimate of drug-likeness (QED) is 0.581. The third kappa shape index (κ3) is 5.02. The molecule has 0 aliphatic carbocycles. The predicted octanol–water partition coefficient (Wildman–Crippen LogP) is 4.67. The molecule has 0 spiro atoms. The molecule has 2 nitrogen and oxygen atoms in total. The third-order valence-electron chi connectivity index (χ3n) is 2.24. The van der Waals surface area contributed by atoms with Crippen LogP contribution in [0.1, 0.15) is 19.8 Å². The number of anilines is 1. The Bertz CT molecular complexity index is 334. The van der Waals surface area contributed by atoms with Crippen LogP contribution in [0, 0.1) is 5.92 Å². The molecule has 1 aromatic heterocycles. The lowest BCUT2D eigenvalue weighted by molar-refractivity contribution is 0.572. The molecule has 0 aliphatic rings. The first-order valence-electron chi connectivity index (χ1n) is 5.24. The van der Waals surface area contributed by atoms with Crippen molar-refractivity contribution in [2.75, 3.05) is 17.7 Å². The van der Waals surface area contributed by atoms with Crippen LogP contribution < -0.4 is 5.32 Å². The Hall–Kier alpha value is 0.200. The molecule has 0 bridgehead atoms. The van der Waals surface area contributed by atoms with Crippen molar-refractivity contribution in [3.8, 4) is 0 Å². The van der Waals surface area contributed by atoms with Gasteiger partial charge in [-0.25, -0.2) is 4.98 Å². The molecule has 0 amide bonds. The van der Waals surface area contributed by atoms with E-state index in [9.17, 15) is 0 Å². The van der Waals surface area contributed by atoms with Crippen LogP contribution in [0.2, 0.25) is 0 Å². The molecule has 0 saturated carbocycles. The smallest absolute Gasteiger partial charge is 0.140 e. The van der Waals surface area contributed by atoms with Gasteiger partial charge in [0.05, 0.1) is 4.47 Å². The fourth-order valence-electron chi connectivity index (χ4n) is 1.28. The van der Waals surface area contributed by atoms with Crippen LogP contribution in [-0.4, -0.2) is 17.4 Å². The zero-order valence-electron chi connectivity index (χ0n) is 9.14. The van der Waals surface area contributed by atoms with Gasteiger partial charge in [0, 0.05) is 23.1 Å². The number of rotatable bonds is 6. The van der Waals surface area contributed by atoms with Gasteiger partial charge in [0.15, 0.2) is 0 Å². The Morgan fingerprint density at radius 3 is 2.88 bits per heavy atom. The van der Waals surface area contributed by atoms with E-state index in [1.807, 2.05) is 6.07 Å². The number of nitrogens with zero attached hydrogens (tertiary/aromatic N) is 1. The lowest BCUT2D eigenvalue weighted by Gasteiger charge is -2.09. The normalized spacial score (nSPS) is 12.5. The van der Waals surface area contributed by atoms with Crippen molar-refractivity contribution < 1.29 is 0 Å². The summed E-state index contributed by atoms with van der Waals surface area (Å²) >= 11 is 12.6. The van der Waals surface area contributed by atoms with Crippen LogP contribution in [0.5, 0.6) is 0 Å². The second-order valence-corrected chi connectivity index (χ2v) is 5.89. The summed E-state index contributed by atoms with van der Waals surface area (Å²) in [4.78, 5) is 4.28. The molecule has 1 atom stereocenters. The van der Waals surface area contributed by atoms with Gasteiger partial charge in [-0.3, -0.25) is 0 Å². The summed E-state index contributed by atoms with van der Waals surface area (Å²) in [7, 11) is 0. The van der Waals surface area contributed by atoms with E-state index in [0.29, 0.717) is 5.92 Å². The molecule has 1 aromatic rings. The third-order valence-corrected chi connectivity index (χ3v) is 3.80. The van der Waals surface area contributed by atoms with Crippen molar-refractivity contribution >= 4 is 49.3 Å². The number of hydrogen-bond donors (Lipinski definition) is 1. The fourth-order valence-corrected chi connectivity index (χ4v) is 2.56. The Balaban J connectivity index is 2.32. The van der Waals surface area contributed by atoms with Crippen LogP contribution in [0.25, 0.3) is 0 Å². The van der Waals surface area contributed by atoms with E-state index in [1.165, 1.54) is 0 Å². The molecule has 5 heteroatoms. The van der Waals surface area contributed by atoms with Gasteiger partial charge < -0.3 is 5.32 Å². The number of pyridine rings is 1. The molecule has 0 radical (unpaired) electrons. The van der Waals surface area contributed by atoms with Crippen LogP contribution >= 0.6 is 43.5 Å². The second-order valence-electron chi connectivity index (χ2n) is 3.81. The summed E-state index contributed by atoms with van der Waals surface area (Å²) in [6, 6.07) is 1.98. The van der Waals surface area contributed by atoms with Gasteiger partial charge in [-0.15, -0.1) is 11.6 Å². The van der Waals surface area contributed by atoms with E-state index in [0.717, 1.165) is 40.0 Å². The molecule has 90 valence electrons. The monoisotopic (exact) mass is 368 g/mol. The van der Waals surface area contributed by atoms with Crippen LogP contribution in [-0.2, 0) is 0 Å². The number of alkyl halides is 1. The summed E-state index contributed by atoms with van der Waals surface area (Å²) in [5, 5.41) is 3.30. The van der Waals surface area contributed by atoms with E-state index >= 15 is 0 Å². The fraction of sp³-hybridized carbons (Fsp3) is 0.545.